The number of rotatable bonds is 4. The van der Waals surface area contributed by atoms with Crippen LogP contribution >= 0.6 is 0 Å². The van der Waals surface area contributed by atoms with Crippen molar-refractivity contribution >= 4 is 17.9 Å². The second kappa shape index (κ2) is 5.61. The summed E-state index contributed by atoms with van der Waals surface area (Å²) < 4.78 is 41.7. The van der Waals surface area contributed by atoms with Crippen LogP contribution in [0.3, 0.4) is 0 Å². The molecule has 10 heteroatoms. The fourth-order valence-corrected chi connectivity index (χ4v) is 1.30. The van der Waals surface area contributed by atoms with E-state index in [0.717, 1.165) is 24.4 Å². The van der Waals surface area contributed by atoms with Gasteiger partial charge in [0.2, 0.25) is 0 Å². The van der Waals surface area contributed by atoms with Gasteiger partial charge in [-0.25, -0.2) is 4.98 Å². The number of furan rings is 1. The van der Waals surface area contributed by atoms with Crippen LogP contribution < -0.4 is 5.43 Å². The Morgan fingerprint density at radius 2 is 2.10 bits per heavy atom. The monoisotopic (exact) mass is 300 g/mol. The molecule has 0 radical (unpaired) electrons. The molecule has 0 aliphatic carbocycles. The maximum atomic E-state index is 12.3. The zero-order valence-corrected chi connectivity index (χ0v) is 10.2. The Morgan fingerprint density at radius 3 is 2.62 bits per heavy atom. The van der Waals surface area contributed by atoms with Crippen LogP contribution in [-0.4, -0.2) is 16.1 Å². The first-order valence-corrected chi connectivity index (χ1v) is 5.43. The van der Waals surface area contributed by atoms with E-state index in [-0.39, 0.29) is 11.6 Å². The van der Waals surface area contributed by atoms with Gasteiger partial charge in [0.1, 0.15) is 10.7 Å². The van der Waals surface area contributed by atoms with Crippen LogP contribution in [0, 0.1) is 10.1 Å². The first-order chi connectivity index (χ1) is 9.86. The number of alkyl halides is 3. The molecule has 0 spiro atoms. The number of pyridine rings is 1. The van der Waals surface area contributed by atoms with Gasteiger partial charge >= 0.3 is 12.1 Å². The van der Waals surface area contributed by atoms with Crippen molar-refractivity contribution in [2.75, 3.05) is 5.43 Å². The molecule has 2 aromatic heterocycles. The topological polar surface area (TPSA) is 93.6 Å². The molecule has 0 aromatic carbocycles. The fourth-order valence-electron chi connectivity index (χ4n) is 1.30. The number of nitrogens with zero attached hydrogens (tertiary/aromatic N) is 3. The quantitative estimate of drug-likeness (QED) is 0.532. The maximum Gasteiger partial charge on any atom is 0.433 e. The second-order valence-electron chi connectivity index (χ2n) is 3.73. The highest BCUT2D eigenvalue weighted by atomic mass is 19.4. The summed E-state index contributed by atoms with van der Waals surface area (Å²) >= 11 is 0. The van der Waals surface area contributed by atoms with Gasteiger partial charge in [0, 0.05) is 6.20 Å². The number of hydrogen-bond donors (Lipinski definition) is 1. The molecule has 0 saturated heterocycles. The van der Waals surface area contributed by atoms with Crippen LogP contribution in [0.15, 0.2) is 40.0 Å². The van der Waals surface area contributed by atoms with E-state index in [1.807, 2.05) is 0 Å². The Kier molecular flexibility index (Phi) is 3.87. The molecular formula is C11H7F3N4O3. The van der Waals surface area contributed by atoms with Crippen molar-refractivity contribution in [2.45, 2.75) is 6.18 Å². The maximum absolute atomic E-state index is 12.3. The van der Waals surface area contributed by atoms with Crippen molar-refractivity contribution in [3.05, 3.63) is 51.9 Å². The molecule has 0 saturated carbocycles. The highest BCUT2D eigenvalue weighted by molar-refractivity contribution is 5.76. The number of hydrazone groups is 1. The summed E-state index contributed by atoms with van der Waals surface area (Å²) in [6.07, 6.45) is -2.66. The smallest absolute Gasteiger partial charge is 0.400 e. The van der Waals surface area contributed by atoms with Gasteiger partial charge in [-0.15, -0.1) is 0 Å². The zero-order valence-electron chi connectivity index (χ0n) is 10.2. The molecule has 2 aromatic rings. The minimum Gasteiger partial charge on any atom is -0.400 e. The SMILES string of the molecule is O=[N+]([O-])c1ccc(/C=N\Nc2ccc(C(F)(F)F)cn2)o1. The van der Waals surface area contributed by atoms with Gasteiger partial charge in [-0.2, -0.15) is 18.3 Å². The predicted molar refractivity (Wildman–Crippen MR) is 65.8 cm³/mol. The van der Waals surface area contributed by atoms with Crippen molar-refractivity contribution in [3.8, 4) is 0 Å². The lowest BCUT2D eigenvalue weighted by molar-refractivity contribution is -0.402. The van der Waals surface area contributed by atoms with E-state index in [1.54, 1.807) is 0 Å². The van der Waals surface area contributed by atoms with Crippen molar-refractivity contribution in [3.63, 3.8) is 0 Å². The number of aromatic nitrogens is 1. The summed E-state index contributed by atoms with van der Waals surface area (Å²) in [7, 11) is 0. The van der Waals surface area contributed by atoms with Crippen molar-refractivity contribution in [1.82, 2.24) is 4.98 Å². The molecule has 1 N–H and O–H groups in total. The molecule has 0 aliphatic rings. The minimum absolute atomic E-state index is 0.0836. The van der Waals surface area contributed by atoms with E-state index >= 15 is 0 Å². The van der Waals surface area contributed by atoms with E-state index in [0.29, 0.717) is 6.20 Å². The van der Waals surface area contributed by atoms with Crippen LogP contribution in [0.1, 0.15) is 11.3 Å². The van der Waals surface area contributed by atoms with Gasteiger partial charge in [-0.1, -0.05) is 0 Å². The molecule has 0 unspecified atom stereocenters. The lowest BCUT2D eigenvalue weighted by Crippen LogP contribution is -2.05. The van der Waals surface area contributed by atoms with Crippen LogP contribution in [-0.2, 0) is 6.18 Å². The molecule has 0 aliphatic heterocycles. The van der Waals surface area contributed by atoms with Crippen LogP contribution in [0.25, 0.3) is 0 Å². The lowest BCUT2D eigenvalue weighted by atomic mass is 10.3. The number of halogens is 3. The second-order valence-corrected chi connectivity index (χ2v) is 3.73. The van der Waals surface area contributed by atoms with E-state index in [4.69, 9.17) is 4.42 Å². The van der Waals surface area contributed by atoms with Crippen LogP contribution in [0.5, 0.6) is 0 Å². The standard InChI is InChI=1S/C11H7F3N4O3/c12-11(13,14)7-1-3-9(15-5-7)17-16-6-8-2-4-10(21-8)18(19)20/h1-6H,(H,15,17)/b16-6-. The van der Waals surface area contributed by atoms with Gasteiger partial charge in [0.25, 0.3) is 0 Å². The molecular weight excluding hydrogens is 293 g/mol. The molecule has 0 atom stereocenters. The van der Waals surface area contributed by atoms with E-state index in [2.05, 4.69) is 15.5 Å². The molecule has 21 heavy (non-hydrogen) atoms. The van der Waals surface area contributed by atoms with Crippen LogP contribution in [0.4, 0.5) is 24.9 Å². The average molecular weight is 300 g/mol. The van der Waals surface area contributed by atoms with Gasteiger partial charge in [-0.05, 0) is 18.2 Å². The van der Waals surface area contributed by atoms with Crippen molar-refractivity contribution in [2.24, 2.45) is 5.10 Å². The Labute approximate surface area is 115 Å². The molecule has 110 valence electrons. The third kappa shape index (κ3) is 3.78. The molecule has 0 fully saturated rings. The Bertz CT molecular complexity index is 664. The van der Waals surface area contributed by atoms with E-state index in [1.165, 1.54) is 6.07 Å². The summed E-state index contributed by atoms with van der Waals surface area (Å²) in [6, 6.07) is 4.43. The summed E-state index contributed by atoms with van der Waals surface area (Å²) in [5, 5.41) is 14.0. The molecule has 2 rings (SSSR count). The molecule has 0 amide bonds. The van der Waals surface area contributed by atoms with E-state index in [9.17, 15) is 23.3 Å². The van der Waals surface area contributed by atoms with Crippen LogP contribution in [0.2, 0.25) is 0 Å². The Morgan fingerprint density at radius 1 is 1.33 bits per heavy atom. The summed E-state index contributed by atoms with van der Waals surface area (Å²) in [6.45, 7) is 0. The summed E-state index contributed by atoms with van der Waals surface area (Å²) in [5.74, 6) is -0.245. The van der Waals surface area contributed by atoms with Gasteiger partial charge in [0.15, 0.2) is 5.76 Å². The number of hydrogen-bond acceptors (Lipinski definition) is 6. The van der Waals surface area contributed by atoms with Crippen molar-refractivity contribution < 1.29 is 22.5 Å². The Hall–Kier alpha value is -2.91. The first kappa shape index (κ1) is 14.5. The van der Waals surface area contributed by atoms with Gasteiger partial charge in [0.05, 0.1) is 17.8 Å². The number of nitrogens with one attached hydrogen (secondary N) is 1. The number of anilines is 1. The third-order valence-electron chi connectivity index (χ3n) is 2.25. The third-order valence-corrected chi connectivity index (χ3v) is 2.25. The van der Waals surface area contributed by atoms with Crippen molar-refractivity contribution in [1.29, 1.82) is 0 Å². The Balaban J connectivity index is 1.99. The van der Waals surface area contributed by atoms with Gasteiger partial charge < -0.3 is 4.42 Å². The van der Waals surface area contributed by atoms with Gasteiger partial charge in [-0.3, -0.25) is 15.5 Å². The van der Waals surface area contributed by atoms with E-state index < -0.39 is 22.5 Å². The fraction of sp³-hybridized carbons (Fsp3) is 0.0909. The highest BCUT2D eigenvalue weighted by Gasteiger charge is 2.30. The first-order valence-electron chi connectivity index (χ1n) is 5.43. The molecule has 0 bridgehead atoms. The summed E-state index contributed by atoms with van der Waals surface area (Å²) in [4.78, 5) is 13.2. The number of nitro groups is 1. The molecule has 7 nitrogen and oxygen atoms in total. The predicted octanol–water partition coefficient (Wildman–Crippen LogP) is 3.05. The lowest BCUT2D eigenvalue weighted by Gasteiger charge is -2.06. The largest absolute Gasteiger partial charge is 0.433 e. The zero-order chi connectivity index (χ0) is 15.5. The average Bonchev–Trinajstić information content (AvgIpc) is 2.87. The molecule has 2 heterocycles. The summed E-state index contributed by atoms with van der Waals surface area (Å²) in [5.41, 5.74) is 1.50. The highest BCUT2D eigenvalue weighted by Crippen LogP contribution is 2.28. The minimum atomic E-state index is -4.46. The normalized spacial score (nSPS) is 11.8.